The van der Waals surface area contributed by atoms with E-state index in [1.165, 1.54) is 13.8 Å². The van der Waals surface area contributed by atoms with Gasteiger partial charge in [-0.2, -0.15) is 0 Å². The summed E-state index contributed by atoms with van der Waals surface area (Å²) in [4.78, 5) is 16.6. The molecule has 0 saturated heterocycles. The highest BCUT2D eigenvalue weighted by Gasteiger charge is 2.31. The number of carboxylic acid groups (broad SMARTS) is 1. The van der Waals surface area contributed by atoms with Gasteiger partial charge in [0.2, 0.25) is 0 Å². The van der Waals surface area contributed by atoms with Crippen LogP contribution in [0.1, 0.15) is 54.8 Å². The Bertz CT molecular complexity index is 1290. The first kappa shape index (κ1) is 24.2. The molecule has 0 amide bonds. The molecule has 0 unspecified atom stereocenters. The smallest absolute Gasteiger partial charge is 0.354 e. The molecular weight excluding hydrogens is 448 g/mol. The van der Waals surface area contributed by atoms with Crippen LogP contribution in [0.4, 0.5) is 0 Å². The number of rotatable bonds is 10. The Hall–Kier alpha value is -3.89. The van der Waals surface area contributed by atoms with E-state index in [2.05, 4.69) is 25.6 Å². The van der Waals surface area contributed by atoms with Crippen molar-refractivity contribution >= 4 is 5.97 Å². The minimum atomic E-state index is -1.42. The number of H-pyrrole nitrogens is 1. The number of nitrogens with one attached hydrogen (secondary N) is 1. The standard InChI is InChI=1S/C25H28N6O4/c1-4-13-35-15-20-26-22(25(2,3)34)21(24(32)33)31(20)14-16-9-11-17(12-10-16)18-7-5-6-8-19(18)23-27-29-30-28-23/h5-12,34H,4,13-15H2,1-3H3,(H,32,33)(H,27,28,29,30). The van der Waals surface area contributed by atoms with Crippen LogP contribution < -0.4 is 0 Å². The summed E-state index contributed by atoms with van der Waals surface area (Å²) in [5.74, 6) is -0.118. The predicted octanol–water partition coefficient (Wildman–Crippen LogP) is 3.63. The van der Waals surface area contributed by atoms with Gasteiger partial charge in [-0.15, -0.1) is 5.10 Å². The maximum absolute atomic E-state index is 12.2. The number of hydrogen-bond donors (Lipinski definition) is 3. The van der Waals surface area contributed by atoms with Gasteiger partial charge in [0.1, 0.15) is 23.7 Å². The van der Waals surface area contributed by atoms with Gasteiger partial charge < -0.3 is 19.5 Å². The Kier molecular flexibility index (Phi) is 7.04. The van der Waals surface area contributed by atoms with Crippen molar-refractivity contribution < 1.29 is 19.7 Å². The lowest BCUT2D eigenvalue weighted by Crippen LogP contribution is -2.22. The lowest BCUT2D eigenvalue weighted by Gasteiger charge is -2.16. The first-order valence-corrected chi connectivity index (χ1v) is 11.3. The van der Waals surface area contributed by atoms with E-state index in [9.17, 15) is 15.0 Å². The molecule has 0 aliphatic heterocycles. The number of aliphatic hydroxyl groups is 1. The van der Waals surface area contributed by atoms with Crippen LogP contribution in [0.5, 0.6) is 0 Å². The number of carboxylic acids is 1. The molecule has 0 atom stereocenters. The Balaban J connectivity index is 1.68. The van der Waals surface area contributed by atoms with Crippen LogP contribution >= 0.6 is 0 Å². The predicted molar refractivity (Wildman–Crippen MR) is 129 cm³/mol. The number of nitrogens with zero attached hydrogens (tertiary/aromatic N) is 5. The monoisotopic (exact) mass is 476 g/mol. The third kappa shape index (κ3) is 5.28. The normalized spacial score (nSPS) is 11.7. The molecular formula is C25H28N6O4. The second-order valence-electron chi connectivity index (χ2n) is 8.72. The number of benzene rings is 2. The zero-order chi connectivity index (χ0) is 25.0. The lowest BCUT2D eigenvalue weighted by molar-refractivity contribution is 0.0602. The molecule has 10 heteroatoms. The van der Waals surface area contributed by atoms with E-state index in [1.54, 1.807) is 4.57 Å². The molecule has 0 bridgehead atoms. The summed E-state index contributed by atoms with van der Waals surface area (Å²) in [6, 6.07) is 15.6. The first-order valence-electron chi connectivity index (χ1n) is 11.3. The van der Waals surface area contributed by atoms with Crippen molar-refractivity contribution in [3.05, 3.63) is 71.3 Å². The number of tetrazole rings is 1. The summed E-state index contributed by atoms with van der Waals surface area (Å²) in [7, 11) is 0. The quantitative estimate of drug-likeness (QED) is 0.295. The Labute approximate surface area is 202 Å². The molecule has 4 rings (SSSR count). The van der Waals surface area contributed by atoms with E-state index < -0.39 is 11.6 Å². The summed E-state index contributed by atoms with van der Waals surface area (Å²) in [5, 5.41) is 34.7. The van der Waals surface area contributed by atoms with Crippen molar-refractivity contribution in [1.82, 2.24) is 30.2 Å². The van der Waals surface area contributed by atoms with Gasteiger partial charge in [-0.25, -0.2) is 14.9 Å². The second-order valence-corrected chi connectivity index (χ2v) is 8.72. The molecule has 35 heavy (non-hydrogen) atoms. The van der Waals surface area contributed by atoms with Crippen LogP contribution in [0.2, 0.25) is 0 Å². The SMILES string of the molecule is CCCOCc1nc(C(C)(C)O)c(C(=O)O)n1Cc1ccc(-c2ccccc2-c2nnn[nH]2)cc1. The van der Waals surface area contributed by atoms with Gasteiger partial charge in [-0.1, -0.05) is 55.5 Å². The fourth-order valence-electron chi connectivity index (χ4n) is 3.92. The van der Waals surface area contributed by atoms with Crippen molar-refractivity contribution in [3.8, 4) is 22.5 Å². The van der Waals surface area contributed by atoms with Crippen molar-refractivity contribution in [2.24, 2.45) is 0 Å². The maximum Gasteiger partial charge on any atom is 0.354 e. The average Bonchev–Trinajstić information content (AvgIpc) is 3.48. The summed E-state index contributed by atoms with van der Waals surface area (Å²) in [5.41, 5.74) is 2.34. The molecule has 0 saturated carbocycles. The van der Waals surface area contributed by atoms with Crippen LogP contribution in [0, 0.1) is 0 Å². The third-order valence-electron chi connectivity index (χ3n) is 5.54. The third-order valence-corrected chi connectivity index (χ3v) is 5.54. The van der Waals surface area contributed by atoms with Crippen molar-refractivity contribution in [2.75, 3.05) is 6.61 Å². The number of ether oxygens (including phenoxy) is 1. The molecule has 0 aliphatic carbocycles. The van der Waals surface area contributed by atoms with Crippen LogP contribution in [0.3, 0.4) is 0 Å². The highest BCUT2D eigenvalue weighted by atomic mass is 16.5. The summed E-state index contributed by atoms with van der Waals surface area (Å²) >= 11 is 0. The molecule has 3 N–H and O–H groups in total. The second kappa shape index (κ2) is 10.2. The maximum atomic E-state index is 12.2. The fraction of sp³-hybridized carbons (Fsp3) is 0.320. The highest BCUT2D eigenvalue weighted by Crippen LogP contribution is 2.30. The minimum absolute atomic E-state index is 0.0418. The van der Waals surface area contributed by atoms with E-state index in [1.807, 2.05) is 55.5 Å². The molecule has 0 spiro atoms. The number of imidazole rings is 1. The van der Waals surface area contributed by atoms with E-state index in [0.717, 1.165) is 28.7 Å². The molecule has 0 fully saturated rings. The van der Waals surface area contributed by atoms with Crippen molar-refractivity contribution in [3.63, 3.8) is 0 Å². The molecule has 0 radical (unpaired) electrons. The number of hydrogen-bond acceptors (Lipinski definition) is 7. The van der Waals surface area contributed by atoms with Crippen molar-refractivity contribution in [1.29, 1.82) is 0 Å². The van der Waals surface area contributed by atoms with E-state index >= 15 is 0 Å². The zero-order valence-corrected chi connectivity index (χ0v) is 19.9. The Morgan fingerprint density at radius 2 is 1.83 bits per heavy atom. The van der Waals surface area contributed by atoms with Gasteiger partial charge >= 0.3 is 5.97 Å². The zero-order valence-electron chi connectivity index (χ0n) is 19.9. The van der Waals surface area contributed by atoms with E-state index in [-0.39, 0.29) is 24.5 Å². The largest absolute Gasteiger partial charge is 0.477 e. The number of aromatic amines is 1. The van der Waals surface area contributed by atoms with Gasteiger partial charge in [0, 0.05) is 18.7 Å². The lowest BCUT2D eigenvalue weighted by atomic mass is 9.98. The summed E-state index contributed by atoms with van der Waals surface area (Å²) in [6.45, 7) is 6.00. The van der Waals surface area contributed by atoms with Gasteiger partial charge in [0.15, 0.2) is 11.5 Å². The van der Waals surface area contributed by atoms with Crippen molar-refractivity contribution in [2.45, 2.75) is 45.9 Å². The van der Waals surface area contributed by atoms with Gasteiger partial charge in [-0.05, 0) is 47.4 Å². The molecule has 4 aromatic rings. The van der Waals surface area contributed by atoms with Crippen LogP contribution in [-0.4, -0.2) is 53.0 Å². The van der Waals surface area contributed by atoms with Gasteiger partial charge in [-0.3, -0.25) is 0 Å². The van der Waals surface area contributed by atoms with Crippen LogP contribution in [-0.2, 0) is 23.5 Å². The molecule has 0 aliphatic rings. The molecule has 2 aromatic carbocycles. The fourth-order valence-corrected chi connectivity index (χ4v) is 3.92. The topological polar surface area (TPSA) is 139 Å². The number of aromatic nitrogens is 6. The van der Waals surface area contributed by atoms with E-state index in [4.69, 9.17) is 4.74 Å². The molecule has 182 valence electrons. The highest BCUT2D eigenvalue weighted by molar-refractivity contribution is 5.87. The van der Waals surface area contributed by atoms with Crippen LogP contribution in [0.15, 0.2) is 48.5 Å². The molecule has 2 heterocycles. The number of aromatic carboxylic acids is 1. The summed E-state index contributed by atoms with van der Waals surface area (Å²) in [6.07, 6.45) is 0.831. The van der Waals surface area contributed by atoms with Gasteiger partial charge in [0.05, 0.1) is 0 Å². The average molecular weight is 477 g/mol. The summed E-state index contributed by atoms with van der Waals surface area (Å²) < 4.78 is 7.26. The number of carbonyl (C=O) groups is 1. The van der Waals surface area contributed by atoms with Crippen LogP contribution in [0.25, 0.3) is 22.5 Å². The molecule has 10 nitrogen and oxygen atoms in total. The minimum Gasteiger partial charge on any atom is -0.477 e. The Morgan fingerprint density at radius 1 is 1.11 bits per heavy atom. The van der Waals surface area contributed by atoms with Gasteiger partial charge in [0.25, 0.3) is 0 Å². The molecule has 2 aromatic heterocycles. The van der Waals surface area contributed by atoms with E-state index in [0.29, 0.717) is 18.3 Å². The Morgan fingerprint density at radius 3 is 2.43 bits per heavy atom. The first-order chi connectivity index (χ1) is 16.8.